The number of aliphatic hydroxyl groups is 2. The molecular weight excluding hydrogens is 234 g/mol. The fraction of sp³-hybridized carbons (Fsp3) is 0.462. The lowest BCUT2D eigenvalue weighted by Crippen LogP contribution is -2.34. The van der Waals surface area contributed by atoms with Crippen molar-refractivity contribution in [1.82, 2.24) is 0 Å². The molecule has 1 aromatic rings. The predicted molar refractivity (Wildman–Crippen MR) is 67.0 cm³/mol. The molecule has 100 valence electrons. The Balaban J connectivity index is 3.23. The summed E-state index contributed by atoms with van der Waals surface area (Å²) in [6.45, 7) is 5.72. The quantitative estimate of drug-likeness (QED) is 0.632. The summed E-state index contributed by atoms with van der Waals surface area (Å²) in [5, 5.41) is 29.4. The van der Waals surface area contributed by atoms with Gasteiger partial charge in [0, 0.05) is 5.56 Å². The van der Waals surface area contributed by atoms with E-state index in [-0.39, 0.29) is 16.7 Å². The third kappa shape index (κ3) is 2.80. The Bertz CT molecular complexity index is 451. The highest BCUT2D eigenvalue weighted by Crippen LogP contribution is 2.36. The molecule has 0 heterocycles. The standard InChI is InChI=1S/C13H19NO4/c1-13(2,3)8-6-4-5-7(9(8)15)10(16)11(17)12(14)18/h4-6,10-11,15-17H,1-3H3,(H2,14,18). The highest BCUT2D eigenvalue weighted by atomic mass is 16.3. The van der Waals surface area contributed by atoms with E-state index in [1.54, 1.807) is 12.1 Å². The summed E-state index contributed by atoms with van der Waals surface area (Å²) in [5.41, 5.74) is 5.31. The summed E-state index contributed by atoms with van der Waals surface area (Å²) in [7, 11) is 0. The number of benzene rings is 1. The summed E-state index contributed by atoms with van der Waals surface area (Å²) >= 11 is 0. The molecule has 1 rings (SSSR count). The van der Waals surface area contributed by atoms with Crippen molar-refractivity contribution in [1.29, 1.82) is 0 Å². The fourth-order valence-corrected chi connectivity index (χ4v) is 1.73. The number of para-hydroxylation sites is 1. The molecule has 2 atom stereocenters. The largest absolute Gasteiger partial charge is 0.507 e. The number of rotatable bonds is 3. The highest BCUT2D eigenvalue weighted by Gasteiger charge is 2.28. The maximum atomic E-state index is 10.8. The molecule has 0 aromatic heterocycles. The van der Waals surface area contributed by atoms with E-state index in [1.807, 2.05) is 20.8 Å². The number of carbonyl (C=O) groups excluding carboxylic acids is 1. The van der Waals surface area contributed by atoms with E-state index in [4.69, 9.17) is 5.73 Å². The van der Waals surface area contributed by atoms with Gasteiger partial charge in [-0.15, -0.1) is 0 Å². The molecule has 5 N–H and O–H groups in total. The lowest BCUT2D eigenvalue weighted by atomic mass is 9.84. The van der Waals surface area contributed by atoms with Crippen molar-refractivity contribution < 1.29 is 20.1 Å². The number of hydrogen-bond acceptors (Lipinski definition) is 4. The lowest BCUT2D eigenvalue weighted by molar-refractivity contribution is -0.132. The van der Waals surface area contributed by atoms with Crippen LogP contribution in [-0.4, -0.2) is 27.3 Å². The second-order valence-electron chi connectivity index (χ2n) is 5.29. The topological polar surface area (TPSA) is 104 Å². The van der Waals surface area contributed by atoms with Gasteiger partial charge in [-0.25, -0.2) is 0 Å². The number of phenolic OH excluding ortho intramolecular Hbond substituents is 1. The fourth-order valence-electron chi connectivity index (χ4n) is 1.73. The monoisotopic (exact) mass is 253 g/mol. The second kappa shape index (κ2) is 4.96. The van der Waals surface area contributed by atoms with Gasteiger partial charge in [0.05, 0.1) is 0 Å². The number of primary amides is 1. The molecule has 5 heteroatoms. The average molecular weight is 253 g/mol. The predicted octanol–water partition coefficient (Wildman–Crippen LogP) is 0.569. The Labute approximate surface area is 106 Å². The molecule has 1 aromatic carbocycles. The van der Waals surface area contributed by atoms with Crippen molar-refractivity contribution >= 4 is 5.91 Å². The summed E-state index contributed by atoms with van der Waals surface area (Å²) in [6, 6.07) is 4.82. The minimum atomic E-state index is -1.74. The number of phenols is 1. The molecule has 0 aliphatic carbocycles. The molecule has 0 fully saturated rings. The molecule has 0 aliphatic heterocycles. The van der Waals surface area contributed by atoms with Gasteiger partial charge in [0.1, 0.15) is 11.9 Å². The normalized spacial score (nSPS) is 15.2. The van der Waals surface area contributed by atoms with Crippen LogP contribution in [0.4, 0.5) is 0 Å². The van der Waals surface area contributed by atoms with Gasteiger partial charge in [0.2, 0.25) is 5.91 Å². The van der Waals surface area contributed by atoms with Crippen LogP contribution in [0.15, 0.2) is 18.2 Å². The van der Waals surface area contributed by atoms with Crippen LogP contribution >= 0.6 is 0 Å². The Kier molecular flexibility index (Phi) is 3.98. The third-order valence-electron chi connectivity index (χ3n) is 2.78. The first-order chi connectivity index (χ1) is 8.16. The molecule has 5 nitrogen and oxygen atoms in total. The molecular formula is C13H19NO4. The van der Waals surface area contributed by atoms with Crippen LogP contribution in [0.3, 0.4) is 0 Å². The molecule has 2 unspecified atom stereocenters. The SMILES string of the molecule is CC(C)(C)c1cccc(C(O)C(O)C(N)=O)c1O. The number of carbonyl (C=O) groups is 1. The molecule has 0 saturated carbocycles. The van der Waals surface area contributed by atoms with E-state index in [2.05, 4.69) is 0 Å². The Morgan fingerprint density at radius 2 is 1.83 bits per heavy atom. The van der Waals surface area contributed by atoms with E-state index in [0.29, 0.717) is 5.56 Å². The Hall–Kier alpha value is -1.59. The molecule has 18 heavy (non-hydrogen) atoms. The van der Waals surface area contributed by atoms with Gasteiger partial charge in [-0.2, -0.15) is 0 Å². The van der Waals surface area contributed by atoms with E-state index in [9.17, 15) is 20.1 Å². The van der Waals surface area contributed by atoms with Crippen molar-refractivity contribution in [2.75, 3.05) is 0 Å². The Morgan fingerprint density at radius 1 is 1.28 bits per heavy atom. The molecule has 0 bridgehead atoms. The van der Waals surface area contributed by atoms with Crippen LogP contribution in [0.25, 0.3) is 0 Å². The molecule has 0 radical (unpaired) electrons. The van der Waals surface area contributed by atoms with E-state index < -0.39 is 18.1 Å². The van der Waals surface area contributed by atoms with E-state index in [1.165, 1.54) is 6.07 Å². The first-order valence-corrected chi connectivity index (χ1v) is 5.64. The minimum Gasteiger partial charge on any atom is -0.507 e. The summed E-state index contributed by atoms with van der Waals surface area (Å²) in [4.78, 5) is 10.8. The van der Waals surface area contributed by atoms with Gasteiger partial charge in [-0.1, -0.05) is 39.0 Å². The summed E-state index contributed by atoms with van der Waals surface area (Å²) in [6.07, 6.45) is -3.28. The minimum absolute atomic E-state index is 0.0914. The van der Waals surface area contributed by atoms with Gasteiger partial charge < -0.3 is 21.1 Å². The summed E-state index contributed by atoms with van der Waals surface area (Å²) < 4.78 is 0. The number of nitrogens with two attached hydrogens (primary N) is 1. The average Bonchev–Trinajstić information content (AvgIpc) is 2.25. The van der Waals surface area contributed by atoms with Gasteiger partial charge >= 0.3 is 0 Å². The van der Waals surface area contributed by atoms with Crippen LogP contribution < -0.4 is 5.73 Å². The van der Waals surface area contributed by atoms with Crippen LogP contribution in [-0.2, 0) is 10.2 Å². The van der Waals surface area contributed by atoms with Crippen LogP contribution in [0, 0.1) is 0 Å². The van der Waals surface area contributed by atoms with E-state index >= 15 is 0 Å². The molecule has 0 aliphatic rings. The van der Waals surface area contributed by atoms with Crippen molar-refractivity contribution in [3.8, 4) is 5.75 Å². The van der Waals surface area contributed by atoms with Gasteiger partial charge in [-0.3, -0.25) is 4.79 Å². The van der Waals surface area contributed by atoms with Crippen LogP contribution in [0.1, 0.15) is 38.0 Å². The van der Waals surface area contributed by atoms with Gasteiger partial charge in [-0.05, 0) is 11.0 Å². The lowest BCUT2D eigenvalue weighted by Gasteiger charge is -2.24. The highest BCUT2D eigenvalue weighted by molar-refractivity contribution is 5.79. The molecule has 0 saturated heterocycles. The number of amides is 1. The maximum absolute atomic E-state index is 10.8. The zero-order valence-electron chi connectivity index (χ0n) is 10.7. The third-order valence-corrected chi connectivity index (χ3v) is 2.78. The second-order valence-corrected chi connectivity index (χ2v) is 5.29. The molecule has 1 amide bonds. The number of hydrogen-bond donors (Lipinski definition) is 4. The first kappa shape index (κ1) is 14.5. The number of aromatic hydroxyl groups is 1. The Morgan fingerprint density at radius 3 is 2.28 bits per heavy atom. The smallest absolute Gasteiger partial charge is 0.249 e. The van der Waals surface area contributed by atoms with Gasteiger partial charge in [0.15, 0.2) is 6.10 Å². The van der Waals surface area contributed by atoms with Crippen molar-refractivity contribution in [3.63, 3.8) is 0 Å². The summed E-state index contributed by atoms with van der Waals surface area (Å²) in [5.74, 6) is -1.17. The van der Waals surface area contributed by atoms with Crippen LogP contribution in [0.5, 0.6) is 5.75 Å². The van der Waals surface area contributed by atoms with Crippen molar-refractivity contribution in [2.45, 2.75) is 38.4 Å². The molecule has 0 spiro atoms. The first-order valence-electron chi connectivity index (χ1n) is 5.64. The zero-order valence-corrected chi connectivity index (χ0v) is 10.7. The van der Waals surface area contributed by atoms with Crippen molar-refractivity contribution in [2.24, 2.45) is 5.73 Å². The maximum Gasteiger partial charge on any atom is 0.249 e. The van der Waals surface area contributed by atoms with E-state index in [0.717, 1.165) is 0 Å². The van der Waals surface area contributed by atoms with Gasteiger partial charge in [0.25, 0.3) is 0 Å². The van der Waals surface area contributed by atoms with Crippen LogP contribution in [0.2, 0.25) is 0 Å². The zero-order chi connectivity index (χ0) is 14.1. The van der Waals surface area contributed by atoms with Crippen molar-refractivity contribution in [3.05, 3.63) is 29.3 Å². The number of aliphatic hydroxyl groups excluding tert-OH is 2.